The molecular weight excluding hydrogens is 224 g/mol. The second-order valence-corrected chi connectivity index (χ2v) is 6.28. The lowest BCUT2D eigenvalue weighted by atomic mass is 9.87. The minimum absolute atomic E-state index is 0.00118. The first-order valence-corrected chi connectivity index (χ1v) is 6.46. The Labute approximate surface area is 110 Å². The number of hydrogen-bond donors (Lipinski definition) is 0. The number of ether oxygens (including phenoxy) is 1. The van der Waals surface area contributed by atoms with Crippen LogP contribution in [0.1, 0.15) is 62.9 Å². The number of methoxy groups -OCH3 is 1. The zero-order valence-electron chi connectivity index (χ0n) is 12.3. The van der Waals surface area contributed by atoms with Gasteiger partial charge in [-0.05, 0) is 29.0 Å². The highest BCUT2D eigenvalue weighted by Crippen LogP contribution is 2.29. The summed E-state index contributed by atoms with van der Waals surface area (Å²) in [5, 5.41) is 0. The van der Waals surface area contributed by atoms with E-state index in [0.29, 0.717) is 23.7 Å². The average molecular weight is 248 g/mol. The third-order valence-electron chi connectivity index (χ3n) is 2.88. The zero-order chi connectivity index (χ0) is 13.9. The Morgan fingerprint density at radius 1 is 1.28 bits per heavy atom. The monoisotopic (exact) mass is 248 g/mol. The molecule has 0 radical (unpaired) electrons. The van der Waals surface area contributed by atoms with Crippen molar-refractivity contribution in [1.29, 1.82) is 0 Å². The van der Waals surface area contributed by atoms with Crippen LogP contribution in [0, 0.1) is 5.41 Å². The van der Waals surface area contributed by atoms with Gasteiger partial charge in [0.25, 0.3) is 0 Å². The lowest BCUT2D eigenvalue weighted by molar-refractivity contribution is 0.0937. The fourth-order valence-corrected chi connectivity index (χ4v) is 1.87. The van der Waals surface area contributed by atoms with E-state index in [1.807, 2.05) is 18.2 Å². The summed E-state index contributed by atoms with van der Waals surface area (Å²) >= 11 is 0. The third-order valence-corrected chi connectivity index (χ3v) is 2.88. The van der Waals surface area contributed by atoms with Gasteiger partial charge < -0.3 is 4.74 Å². The van der Waals surface area contributed by atoms with E-state index in [4.69, 9.17) is 4.74 Å². The van der Waals surface area contributed by atoms with Crippen LogP contribution in [0.5, 0.6) is 5.75 Å². The molecule has 1 rings (SSSR count). The van der Waals surface area contributed by atoms with Gasteiger partial charge in [-0.3, -0.25) is 4.79 Å². The molecule has 18 heavy (non-hydrogen) atoms. The molecule has 1 aromatic carbocycles. The van der Waals surface area contributed by atoms with Gasteiger partial charge in [-0.15, -0.1) is 0 Å². The Bertz CT molecular complexity index is 425. The first kappa shape index (κ1) is 14.7. The van der Waals surface area contributed by atoms with E-state index < -0.39 is 0 Å². The molecule has 2 heteroatoms. The Hall–Kier alpha value is -1.31. The van der Waals surface area contributed by atoms with Crippen LogP contribution < -0.4 is 4.74 Å². The summed E-state index contributed by atoms with van der Waals surface area (Å²) in [6.45, 7) is 10.5. The fourth-order valence-electron chi connectivity index (χ4n) is 1.87. The molecule has 2 nitrogen and oxygen atoms in total. The number of carbonyl (C=O) groups excluding carboxylic acids is 1. The third kappa shape index (κ3) is 3.86. The lowest BCUT2D eigenvalue weighted by Crippen LogP contribution is -2.14. The number of hydrogen-bond acceptors (Lipinski definition) is 2. The molecule has 0 aliphatic carbocycles. The van der Waals surface area contributed by atoms with Gasteiger partial charge in [-0.25, -0.2) is 0 Å². The van der Waals surface area contributed by atoms with Crippen molar-refractivity contribution in [3.8, 4) is 5.75 Å². The normalized spacial score (nSPS) is 11.7. The van der Waals surface area contributed by atoms with Crippen LogP contribution in [0.2, 0.25) is 0 Å². The van der Waals surface area contributed by atoms with Crippen molar-refractivity contribution in [2.75, 3.05) is 7.11 Å². The molecule has 1 aromatic rings. The fraction of sp³-hybridized carbons (Fsp3) is 0.562. The highest BCUT2D eigenvalue weighted by molar-refractivity contribution is 5.99. The van der Waals surface area contributed by atoms with Crippen molar-refractivity contribution in [3.05, 3.63) is 29.3 Å². The number of benzene rings is 1. The largest absolute Gasteiger partial charge is 0.496 e. The lowest BCUT2D eigenvalue weighted by Gasteiger charge is -2.18. The quantitative estimate of drug-likeness (QED) is 0.736. The van der Waals surface area contributed by atoms with Crippen molar-refractivity contribution in [2.45, 2.75) is 47.0 Å². The minimum atomic E-state index is -0.00118. The summed E-state index contributed by atoms with van der Waals surface area (Å²) in [4.78, 5) is 12.2. The smallest absolute Gasteiger partial charge is 0.167 e. The van der Waals surface area contributed by atoms with Crippen molar-refractivity contribution in [3.63, 3.8) is 0 Å². The van der Waals surface area contributed by atoms with Crippen LogP contribution in [0.25, 0.3) is 0 Å². The van der Waals surface area contributed by atoms with Gasteiger partial charge in [-0.1, -0.05) is 40.7 Å². The second-order valence-electron chi connectivity index (χ2n) is 6.28. The van der Waals surface area contributed by atoms with E-state index in [-0.39, 0.29) is 11.2 Å². The molecule has 0 aliphatic rings. The van der Waals surface area contributed by atoms with Crippen molar-refractivity contribution in [2.24, 2.45) is 5.41 Å². The van der Waals surface area contributed by atoms with E-state index in [1.54, 1.807) is 7.11 Å². The average Bonchev–Trinajstić information content (AvgIpc) is 2.25. The molecule has 0 amide bonds. The van der Waals surface area contributed by atoms with Gasteiger partial charge in [0.2, 0.25) is 0 Å². The van der Waals surface area contributed by atoms with Gasteiger partial charge in [0.1, 0.15) is 5.75 Å². The highest BCUT2D eigenvalue weighted by atomic mass is 16.5. The van der Waals surface area contributed by atoms with Crippen molar-refractivity contribution < 1.29 is 9.53 Å². The van der Waals surface area contributed by atoms with Crippen LogP contribution in [-0.4, -0.2) is 12.9 Å². The topological polar surface area (TPSA) is 26.3 Å². The summed E-state index contributed by atoms with van der Waals surface area (Å²) in [7, 11) is 1.62. The van der Waals surface area contributed by atoms with Crippen molar-refractivity contribution in [1.82, 2.24) is 0 Å². The van der Waals surface area contributed by atoms with Crippen LogP contribution in [0.3, 0.4) is 0 Å². The summed E-state index contributed by atoms with van der Waals surface area (Å²) in [5.41, 5.74) is 1.88. The SMILES string of the molecule is COc1cc(C(C)C)ccc1C(=O)CC(C)(C)C. The van der Waals surface area contributed by atoms with E-state index >= 15 is 0 Å². The molecular formula is C16H24O2. The molecule has 0 fully saturated rings. The van der Waals surface area contributed by atoms with Crippen LogP contribution in [-0.2, 0) is 0 Å². The maximum Gasteiger partial charge on any atom is 0.167 e. The van der Waals surface area contributed by atoms with E-state index in [0.717, 1.165) is 0 Å². The Morgan fingerprint density at radius 3 is 2.33 bits per heavy atom. The van der Waals surface area contributed by atoms with E-state index in [9.17, 15) is 4.79 Å². The van der Waals surface area contributed by atoms with Crippen LogP contribution >= 0.6 is 0 Å². The summed E-state index contributed by atoms with van der Waals surface area (Å²) in [5.74, 6) is 1.27. The van der Waals surface area contributed by atoms with Gasteiger partial charge in [0.05, 0.1) is 12.7 Å². The maximum absolute atomic E-state index is 12.2. The maximum atomic E-state index is 12.2. The summed E-state index contributed by atoms with van der Waals surface area (Å²) in [6, 6.07) is 5.88. The predicted molar refractivity (Wildman–Crippen MR) is 75.5 cm³/mol. The molecule has 0 aliphatic heterocycles. The second kappa shape index (κ2) is 5.55. The van der Waals surface area contributed by atoms with Crippen molar-refractivity contribution >= 4 is 5.78 Å². The molecule has 0 aromatic heterocycles. The van der Waals surface area contributed by atoms with E-state index in [1.165, 1.54) is 5.56 Å². The number of carbonyl (C=O) groups is 1. The van der Waals surface area contributed by atoms with Gasteiger partial charge >= 0.3 is 0 Å². The zero-order valence-corrected chi connectivity index (χ0v) is 12.3. The molecule has 0 bridgehead atoms. The van der Waals surface area contributed by atoms with Gasteiger partial charge in [0, 0.05) is 6.42 Å². The standard InChI is InChI=1S/C16H24O2/c1-11(2)12-7-8-13(15(9-12)18-6)14(17)10-16(3,4)5/h7-9,11H,10H2,1-6H3. The number of rotatable bonds is 4. The predicted octanol–water partition coefficient (Wildman–Crippen LogP) is 4.44. The number of ketones is 1. The number of Topliss-reactive ketones (excluding diaryl/α,β-unsaturated/α-hetero) is 1. The minimum Gasteiger partial charge on any atom is -0.496 e. The highest BCUT2D eigenvalue weighted by Gasteiger charge is 2.20. The van der Waals surface area contributed by atoms with Crippen LogP contribution in [0.15, 0.2) is 18.2 Å². The summed E-state index contributed by atoms with van der Waals surface area (Å²) < 4.78 is 5.35. The summed E-state index contributed by atoms with van der Waals surface area (Å²) in [6.07, 6.45) is 0.532. The molecule has 0 atom stereocenters. The molecule has 0 unspecified atom stereocenters. The molecule has 100 valence electrons. The molecule has 0 spiro atoms. The first-order chi connectivity index (χ1) is 8.24. The van der Waals surface area contributed by atoms with Gasteiger partial charge in [0.15, 0.2) is 5.78 Å². The first-order valence-electron chi connectivity index (χ1n) is 6.46. The molecule has 0 saturated heterocycles. The van der Waals surface area contributed by atoms with Gasteiger partial charge in [-0.2, -0.15) is 0 Å². The van der Waals surface area contributed by atoms with E-state index in [2.05, 4.69) is 34.6 Å². The molecule has 0 N–H and O–H groups in total. The molecule has 0 saturated carbocycles. The molecule has 0 heterocycles. The Morgan fingerprint density at radius 2 is 1.89 bits per heavy atom. The Kier molecular flexibility index (Phi) is 4.55. The Balaban J connectivity index is 3.06. The van der Waals surface area contributed by atoms with Crippen LogP contribution in [0.4, 0.5) is 0 Å².